The Kier molecular flexibility index (Phi) is 4.54. The summed E-state index contributed by atoms with van der Waals surface area (Å²) in [6.45, 7) is 2.75. The summed E-state index contributed by atoms with van der Waals surface area (Å²) in [5, 5.41) is 3.41. The van der Waals surface area contributed by atoms with E-state index in [-0.39, 0.29) is 24.3 Å². The maximum Gasteiger partial charge on any atom is 0.258 e. The zero-order chi connectivity index (χ0) is 20.0. The molecule has 0 spiro atoms. The molecule has 1 N–H and O–H groups in total. The number of amides is 3. The zero-order valence-corrected chi connectivity index (χ0v) is 16.7. The van der Waals surface area contributed by atoms with Crippen molar-refractivity contribution >= 4 is 34.1 Å². The van der Waals surface area contributed by atoms with E-state index in [9.17, 15) is 14.4 Å². The lowest BCUT2D eigenvalue weighted by atomic mass is 10.0. The van der Waals surface area contributed by atoms with Gasteiger partial charge in [-0.3, -0.25) is 19.4 Å². The number of rotatable bonds is 2. The van der Waals surface area contributed by atoms with Gasteiger partial charge in [0, 0.05) is 24.2 Å². The molecule has 0 aliphatic carbocycles. The van der Waals surface area contributed by atoms with Crippen LogP contribution in [-0.2, 0) is 17.8 Å². The van der Waals surface area contributed by atoms with Gasteiger partial charge in [-0.2, -0.15) is 0 Å². The van der Waals surface area contributed by atoms with Crippen LogP contribution in [0.3, 0.4) is 0 Å². The van der Waals surface area contributed by atoms with E-state index in [4.69, 9.17) is 4.74 Å². The van der Waals surface area contributed by atoms with Crippen LogP contribution in [-0.4, -0.2) is 59.8 Å². The first-order chi connectivity index (χ1) is 13.4. The van der Waals surface area contributed by atoms with Crippen molar-refractivity contribution in [3.8, 4) is 5.75 Å². The van der Waals surface area contributed by atoms with E-state index >= 15 is 0 Å². The second-order valence-corrected chi connectivity index (χ2v) is 8.03. The summed E-state index contributed by atoms with van der Waals surface area (Å²) in [5.74, 6) is -0.0633. The van der Waals surface area contributed by atoms with Crippen LogP contribution in [0.2, 0.25) is 0 Å². The second kappa shape index (κ2) is 6.90. The van der Waals surface area contributed by atoms with Crippen molar-refractivity contribution in [2.45, 2.75) is 19.9 Å². The standard InChI is InChI=1S/C19H20N4O4S/c1-10-6-12(13(27-3)7-20-10)18(25)23-5-4-11-14(8-23)28-17-16(11)19(26)22(2)9-15(24)21-17/h6-7H,4-5,8-9H2,1-3H3,(H,21,24). The Hall–Kier alpha value is -2.94. The predicted octanol–water partition coefficient (Wildman–Crippen LogP) is 1.68. The average molecular weight is 400 g/mol. The van der Waals surface area contributed by atoms with E-state index in [1.807, 2.05) is 6.92 Å². The molecular weight excluding hydrogens is 380 g/mol. The van der Waals surface area contributed by atoms with Crippen molar-refractivity contribution in [1.29, 1.82) is 0 Å². The first-order valence-electron chi connectivity index (χ1n) is 8.88. The van der Waals surface area contributed by atoms with Crippen LogP contribution >= 0.6 is 11.3 Å². The molecule has 2 aliphatic rings. The SMILES string of the molecule is COc1cnc(C)cc1C(=O)N1CCc2c(sc3c2C(=O)N(C)CC(=O)N3)C1. The number of hydrogen-bond acceptors (Lipinski definition) is 6. The quantitative estimate of drug-likeness (QED) is 0.828. The van der Waals surface area contributed by atoms with Crippen molar-refractivity contribution in [3.63, 3.8) is 0 Å². The molecule has 28 heavy (non-hydrogen) atoms. The van der Waals surface area contributed by atoms with Crippen LogP contribution in [0.5, 0.6) is 5.75 Å². The molecular formula is C19H20N4O4S. The minimum atomic E-state index is -0.210. The summed E-state index contributed by atoms with van der Waals surface area (Å²) < 4.78 is 5.29. The van der Waals surface area contributed by atoms with Crippen LogP contribution in [0, 0.1) is 6.92 Å². The number of pyridine rings is 1. The molecule has 0 saturated carbocycles. The number of thiophene rings is 1. The number of carbonyl (C=O) groups is 3. The molecule has 2 aromatic heterocycles. The minimum absolute atomic E-state index is 0.0425. The van der Waals surface area contributed by atoms with Crippen LogP contribution < -0.4 is 10.1 Å². The summed E-state index contributed by atoms with van der Waals surface area (Å²) in [6.07, 6.45) is 2.12. The number of ether oxygens (including phenoxy) is 1. The van der Waals surface area contributed by atoms with Gasteiger partial charge in [0.1, 0.15) is 10.8 Å². The smallest absolute Gasteiger partial charge is 0.258 e. The number of nitrogens with zero attached hydrogens (tertiary/aromatic N) is 3. The Labute approximate surface area is 166 Å². The molecule has 4 rings (SSSR count). The molecule has 0 bridgehead atoms. The van der Waals surface area contributed by atoms with Crippen molar-refractivity contribution < 1.29 is 19.1 Å². The molecule has 0 saturated heterocycles. The first kappa shape index (κ1) is 18.4. The van der Waals surface area contributed by atoms with Crippen LogP contribution in [0.25, 0.3) is 0 Å². The highest BCUT2D eigenvalue weighted by Gasteiger charge is 2.34. The number of fused-ring (bicyclic) bond motifs is 3. The molecule has 9 heteroatoms. The number of likely N-dealkylation sites (N-methyl/N-ethyl adjacent to an activating group) is 1. The number of aromatic nitrogens is 1. The Bertz CT molecular complexity index is 1000. The largest absolute Gasteiger partial charge is 0.494 e. The Balaban J connectivity index is 1.66. The van der Waals surface area contributed by atoms with Crippen LogP contribution in [0.15, 0.2) is 12.3 Å². The van der Waals surface area contributed by atoms with Gasteiger partial charge in [0.25, 0.3) is 11.8 Å². The fourth-order valence-electron chi connectivity index (χ4n) is 3.58. The lowest BCUT2D eigenvalue weighted by Gasteiger charge is -2.28. The third-order valence-electron chi connectivity index (χ3n) is 4.99. The normalized spacial score (nSPS) is 16.2. The Morgan fingerprint density at radius 3 is 2.86 bits per heavy atom. The van der Waals surface area contributed by atoms with Crippen LogP contribution in [0.1, 0.15) is 36.9 Å². The van der Waals surface area contributed by atoms with Gasteiger partial charge in [-0.25, -0.2) is 0 Å². The molecule has 8 nitrogen and oxygen atoms in total. The lowest BCUT2D eigenvalue weighted by Crippen LogP contribution is -2.37. The highest BCUT2D eigenvalue weighted by Crippen LogP contribution is 2.39. The minimum Gasteiger partial charge on any atom is -0.494 e. The highest BCUT2D eigenvalue weighted by molar-refractivity contribution is 7.17. The molecule has 0 fully saturated rings. The number of hydrogen-bond donors (Lipinski definition) is 1. The topological polar surface area (TPSA) is 91.8 Å². The number of carbonyl (C=O) groups excluding carboxylic acids is 3. The second-order valence-electron chi connectivity index (χ2n) is 6.92. The Morgan fingerprint density at radius 2 is 2.11 bits per heavy atom. The number of nitrogens with one attached hydrogen (secondary N) is 1. The van der Waals surface area contributed by atoms with Crippen molar-refractivity contribution in [1.82, 2.24) is 14.8 Å². The third-order valence-corrected chi connectivity index (χ3v) is 6.13. The van der Waals surface area contributed by atoms with Crippen LogP contribution in [0.4, 0.5) is 5.00 Å². The van der Waals surface area contributed by atoms with Crippen molar-refractivity contribution in [3.05, 3.63) is 39.5 Å². The van der Waals surface area contributed by atoms with E-state index in [0.29, 0.717) is 41.4 Å². The van der Waals surface area contributed by atoms with Gasteiger partial charge in [-0.05, 0) is 25.0 Å². The Morgan fingerprint density at radius 1 is 1.32 bits per heavy atom. The summed E-state index contributed by atoms with van der Waals surface area (Å²) in [4.78, 5) is 46.1. The van der Waals surface area contributed by atoms with Gasteiger partial charge in [0.15, 0.2) is 0 Å². The molecule has 0 radical (unpaired) electrons. The molecule has 2 aliphatic heterocycles. The van der Waals surface area contributed by atoms with E-state index < -0.39 is 0 Å². The van der Waals surface area contributed by atoms with Gasteiger partial charge >= 0.3 is 0 Å². The average Bonchev–Trinajstić information content (AvgIpc) is 2.98. The molecule has 0 unspecified atom stereocenters. The maximum atomic E-state index is 13.1. The molecule has 0 atom stereocenters. The van der Waals surface area contributed by atoms with Gasteiger partial charge in [-0.1, -0.05) is 0 Å². The van der Waals surface area contributed by atoms with E-state index in [1.54, 1.807) is 24.2 Å². The third kappa shape index (κ3) is 3.01. The fraction of sp³-hybridized carbons (Fsp3) is 0.368. The summed E-state index contributed by atoms with van der Waals surface area (Å²) >= 11 is 1.37. The van der Waals surface area contributed by atoms with Gasteiger partial charge in [-0.15, -0.1) is 11.3 Å². The van der Waals surface area contributed by atoms with E-state index in [0.717, 1.165) is 16.1 Å². The monoisotopic (exact) mass is 400 g/mol. The van der Waals surface area contributed by atoms with Gasteiger partial charge in [0.05, 0.1) is 37.5 Å². The predicted molar refractivity (Wildman–Crippen MR) is 104 cm³/mol. The highest BCUT2D eigenvalue weighted by atomic mass is 32.1. The molecule has 0 aromatic carbocycles. The first-order valence-corrected chi connectivity index (χ1v) is 9.70. The number of anilines is 1. The summed E-state index contributed by atoms with van der Waals surface area (Å²) in [7, 11) is 3.14. The van der Waals surface area contributed by atoms with Gasteiger partial charge < -0.3 is 19.9 Å². The molecule has 146 valence electrons. The maximum absolute atomic E-state index is 13.1. The molecule has 3 amide bonds. The number of aryl methyl sites for hydroxylation is 1. The van der Waals surface area contributed by atoms with Crippen molar-refractivity contribution in [2.24, 2.45) is 0 Å². The fourth-order valence-corrected chi connectivity index (χ4v) is 4.85. The van der Waals surface area contributed by atoms with Gasteiger partial charge in [0.2, 0.25) is 5.91 Å². The van der Waals surface area contributed by atoms with E-state index in [2.05, 4.69) is 10.3 Å². The van der Waals surface area contributed by atoms with Crippen molar-refractivity contribution in [2.75, 3.05) is 32.6 Å². The molecule has 4 heterocycles. The zero-order valence-electron chi connectivity index (χ0n) is 15.9. The number of methoxy groups -OCH3 is 1. The molecule has 2 aromatic rings. The van der Waals surface area contributed by atoms with E-state index in [1.165, 1.54) is 23.3 Å². The lowest BCUT2D eigenvalue weighted by molar-refractivity contribution is -0.116. The summed E-state index contributed by atoms with van der Waals surface area (Å²) in [6, 6.07) is 1.72. The summed E-state index contributed by atoms with van der Waals surface area (Å²) in [5.41, 5.74) is 2.71.